The van der Waals surface area contributed by atoms with Crippen LogP contribution >= 0.6 is 19.2 Å². The first kappa shape index (κ1) is 22.6. The Hall–Kier alpha value is -1.72. The Labute approximate surface area is 167 Å². The van der Waals surface area contributed by atoms with Crippen molar-refractivity contribution in [3.8, 4) is 17.6 Å². The number of benzene rings is 1. The van der Waals surface area contributed by atoms with Crippen LogP contribution in [0.3, 0.4) is 0 Å². The maximum Gasteiger partial charge on any atom is 0.469 e. The summed E-state index contributed by atoms with van der Waals surface area (Å²) < 4.78 is 33.6. The van der Waals surface area contributed by atoms with Gasteiger partial charge in [0, 0.05) is 16.8 Å². The van der Waals surface area contributed by atoms with Crippen molar-refractivity contribution in [1.29, 1.82) is 0 Å². The number of nitrogens with two attached hydrogens (primary N) is 1. The smallest absolute Gasteiger partial charge is 0.469 e. The molecule has 6 nitrogen and oxygen atoms in total. The number of hydrogen-bond donors (Lipinski definition) is 3. The molecular weight excluding hydrogens is 404 g/mol. The lowest BCUT2D eigenvalue weighted by atomic mass is 9.98. The fourth-order valence-corrected chi connectivity index (χ4v) is 3.54. The molecule has 2 rings (SSSR count). The first-order valence-electron chi connectivity index (χ1n) is 8.58. The molecule has 1 atom stereocenters. The Morgan fingerprint density at radius 3 is 2.64 bits per heavy atom. The second-order valence-corrected chi connectivity index (χ2v) is 8.95. The number of thiophene rings is 1. The maximum atomic E-state index is 12.8. The third-order valence-electron chi connectivity index (χ3n) is 3.69. The minimum Gasteiger partial charge on any atom is -0.493 e. The van der Waals surface area contributed by atoms with Crippen molar-refractivity contribution >= 4 is 19.2 Å². The molecule has 4 N–H and O–H groups in total. The van der Waals surface area contributed by atoms with Gasteiger partial charge in [-0.1, -0.05) is 11.8 Å². The molecule has 0 bridgehead atoms. The highest BCUT2D eigenvalue weighted by atomic mass is 32.1. The van der Waals surface area contributed by atoms with Gasteiger partial charge in [0.25, 0.3) is 0 Å². The summed E-state index contributed by atoms with van der Waals surface area (Å²) in [5.41, 5.74) is 5.18. The van der Waals surface area contributed by atoms with E-state index in [1.54, 1.807) is 30.4 Å². The first-order valence-corrected chi connectivity index (χ1v) is 10.9. The Kier molecular flexibility index (Phi) is 8.20. The lowest BCUT2D eigenvalue weighted by Crippen LogP contribution is -2.41. The van der Waals surface area contributed by atoms with Gasteiger partial charge in [-0.3, -0.25) is 4.52 Å². The van der Waals surface area contributed by atoms with Crippen LogP contribution in [0.25, 0.3) is 0 Å². The van der Waals surface area contributed by atoms with Crippen molar-refractivity contribution in [2.24, 2.45) is 5.73 Å². The van der Waals surface area contributed by atoms with E-state index in [0.29, 0.717) is 31.6 Å². The number of hydrogen-bond acceptors (Lipinski definition) is 5. The quantitative estimate of drug-likeness (QED) is 0.322. The summed E-state index contributed by atoms with van der Waals surface area (Å²) in [5.74, 6) is 6.41. The van der Waals surface area contributed by atoms with Gasteiger partial charge in [0.15, 0.2) is 0 Å². The van der Waals surface area contributed by atoms with E-state index in [2.05, 4.69) is 16.4 Å². The minimum atomic E-state index is -4.52. The average Bonchev–Trinajstić information content (AvgIpc) is 3.07. The molecule has 0 aliphatic carbocycles. The van der Waals surface area contributed by atoms with Crippen LogP contribution in [-0.4, -0.2) is 28.5 Å². The molecule has 0 amide bonds. The molecule has 2 aromatic rings. The summed E-state index contributed by atoms with van der Waals surface area (Å²) >= 11 is 1.55. The molecule has 0 fully saturated rings. The fraction of sp³-hybridized carbons (Fsp3) is 0.368. The summed E-state index contributed by atoms with van der Waals surface area (Å²) in [6.07, 6.45) is 1.73. The first-order chi connectivity index (χ1) is 13.1. The highest BCUT2D eigenvalue weighted by molar-refractivity contribution is 7.46. The third-order valence-corrected chi connectivity index (χ3v) is 5.21. The van der Waals surface area contributed by atoms with E-state index in [9.17, 15) is 8.96 Å². The lowest BCUT2D eigenvalue weighted by molar-refractivity contribution is 0.154. The average molecular weight is 427 g/mol. The van der Waals surface area contributed by atoms with E-state index in [4.69, 9.17) is 20.3 Å². The van der Waals surface area contributed by atoms with Gasteiger partial charge in [0.1, 0.15) is 11.6 Å². The predicted molar refractivity (Wildman–Crippen MR) is 107 cm³/mol. The van der Waals surface area contributed by atoms with Crippen molar-refractivity contribution in [1.82, 2.24) is 0 Å². The molecule has 152 valence electrons. The number of phosphoric ester groups is 1. The summed E-state index contributed by atoms with van der Waals surface area (Å²) in [4.78, 5) is 19.5. The Morgan fingerprint density at radius 1 is 1.25 bits per heavy atom. The Balaban J connectivity index is 1.74. The molecule has 0 aliphatic heterocycles. The molecule has 0 radical (unpaired) electrons. The van der Waals surface area contributed by atoms with Gasteiger partial charge in [-0.05, 0) is 56.2 Å². The maximum absolute atomic E-state index is 12.8. The third kappa shape index (κ3) is 8.98. The van der Waals surface area contributed by atoms with E-state index in [-0.39, 0.29) is 12.4 Å². The van der Waals surface area contributed by atoms with Gasteiger partial charge in [-0.2, -0.15) is 0 Å². The number of aryl methyl sites for hydroxylation is 1. The SMILES string of the molecule is CC(N)(CCc1ccc(C#CCCOc2ccc(F)cc2)s1)COP(=O)(O)O. The Bertz CT molecular complexity index is 866. The molecule has 0 spiro atoms. The van der Waals surface area contributed by atoms with E-state index in [1.165, 1.54) is 12.1 Å². The van der Waals surface area contributed by atoms with Gasteiger partial charge in [0.2, 0.25) is 0 Å². The number of rotatable bonds is 9. The molecule has 28 heavy (non-hydrogen) atoms. The van der Waals surface area contributed by atoms with Crippen LogP contribution in [0.4, 0.5) is 4.39 Å². The van der Waals surface area contributed by atoms with Crippen LogP contribution in [0.1, 0.15) is 29.5 Å². The van der Waals surface area contributed by atoms with Gasteiger partial charge >= 0.3 is 7.82 Å². The second kappa shape index (κ2) is 10.2. The summed E-state index contributed by atoms with van der Waals surface area (Å²) in [7, 11) is -4.52. The van der Waals surface area contributed by atoms with Crippen molar-refractivity contribution in [2.75, 3.05) is 13.2 Å². The minimum absolute atomic E-state index is 0.219. The van der Waals surface area contributed by atoms with E-state index >= 15 is 0 Å². The van der Waals surface area contributed by atoms with Gasteiger partial charge in [-0.25, -0.2) is 8.96 Å². The molecule has 1 unspecified atom stereocenters. The summed E-state index contributed by atoms with van der Waals surface area (Å²) in [5, 5.41) is 0. The predicted octanol–water partition coefficient (Wildman–Crippen LogP) is 3.47. The lowest BCUT2D eigenvalue weighted by Gasteiger charge is -2.24. The zero-order chi connectivity index (χ0) is 20.6. The normalized spacial score (nSPS) is 13.5. The molecule has 1 heterocycles. The van der Waals surface area contributed by atoms with E-state index in [1.807, 2.05) is 12.1 Å². The molecule has 1 aromatic heterocycles. The number of phosphoric acid groups is 1. The monoisotopic (exact) mass is 427 g/mol. The summed E-state index contributed by atoms with van der Waals surface area (Å²) in [6.45, 7) is 1.89. The van der Waals surface area contributed by atoms with Crippen LogP contribution in [-0.2, 0) is 15.5 Å². The van der Waals surface area contributed by atoms with Gasteiger partial charge in [-0.15, -0.1) is 11.3 Å². The van der Waals surface area contributed by atoms with E-state index in [0.717, 1.165) is 9.75 Å². The largest absolute Gasteiger partial charge is 0.493 e. The fourth-order valence-electron chi connectivity index (χ4n) is 2.19. The molecule has 0 saturated heterocycles. The van der Waals surface area contributed by atoms with Gasteiger partial charge in [0.05, 0.1) is 18.1 Å². The Morgan fingerprint density at radius 2 is 1.96 bits per heavy atom. The van der Waals surface area contributed by atoms with Crippen molar-refractivity contribution in [3.05, 3.63) is 52.0 Å². The standard InChI is InChI=1S/C19H23FNO5PS/c1-19(21,14-26-27(22,23)24)12-11-18-10-9-17(28-18)4-2-3-13-25-16-7-5-15(20)6-8-16/h5-10H,3,11-14,21H2,1H3,(H2,22,23,24). The molecule has 1 aromatic carbocycles. The van der Waals surface area contributed by atoms with Crippen LogP contribution in [0, 0.1) is 17.7 Å². The highest BCUT2D eigenvalue weighted by Crippen LogP contribution is 2.37. The van der Waals surface area contributed by atoms with Crippen molar-refractivity contribution in [3.63, 3.8) is 0 Å². The highest BCUT2D eigenvalue weighted by Gasteiger charge is 2.24. The topological polar surface area (TPSA) is 102 Å². The van der Waals surface area contributed by atoms with Gasteiger partial charge < -0.3 is 20.3 Å². The zero-order valence-corrected chi connectivity index (χ0v) is 17.1. The molecule has 0 saturated carbocycles. The second-order valence-electron chi connectivity index (χ2n) is 6.54. The van der Waals surface area contributed by atoms with Crippen LogP contribution in [0.2, 0.25) is 0 Å². The van der Waals surface area contributed by atoms with Crippen LogP contribution in [0.15, 0.2) is 36.4 Å². The van der Waals surface area contributed by atoms with Crippen LogP contribution < -0.4 is 10.5 Å². The van der Waals surface area contributed by atoms with Crippen molar-refractivity contribution < 1.29 is 28.0 Å². The summed E-state index contributed by atoms with van der Waals surface area (Å²) in [6, 6.07) is 9.73. The molecule has 9 heteroatoms. The molecule has 0 aliphatic rings. The number of halogens is 1. The number of ether oxygens (including phenoxy) is 1. The van der Waals surface area contributed by atoms with E-state index < -0.39 is 13.4 Å². The molecular formula is C19H23FNO5PS. The zero-order valence-electron chi connectivity index (χ0n) is 15.4. The van der Waals surface area contributed by atoms with Crippen LogP contribution in [0.5, 0.6) is 5.75 Å². The van der Waals surface area contributed by atoms with Crippen molar-refractivity contribution in [2.45, 2.75) is 31.7 Å².